The van der Waals surface area contributed by atoms with E-state index in [0.29, 0.717) is 30.2 Å². The third kappa shape index (κ3) is 4.02. The zero-order chi connectivity index (χ0) is 19.4. The lowest BCUT2D eigenvalue weighted by atomic mass is 10.1. The topological polar surface area (TPSA) is 67.9 Å². The second kappa shape index (κ2) is 8.07. The summed E-state index contributed by atoms with van der Waals surface area (Å²) in [4.78, 5) is 26.6. The first-order chi connectivity index (χ1) is 13.0. The standard InChI is InChI=1S/C20H21FN2O4/c1-26-16-7-8-18(27-2)13(11-16)12-22-19(24)17-9-10-23(20(17)25)15-5-3-14(21)4-6-15/h3-8,11,17H,9-10,12H2,1-2H3,(H,22,24)/t17-/m1/s1. The molecule has 1 aliphatic rings. The second-order valence-corrected chi connectivity index (χ2v) is 6.20. The Hall–Kier alpha value is -3.09. The summed E-state index contributed by atoms with van der Waals surface area (Å²) in [5.41, 5.74) is 1.34. The molecule has 1 fully saturated rings. The van der Waals surface area contributed by atoms with Gasteiger partial charge in [0, 0.05) is 24.3 Å². The van der Waals surface area contributed by atoms with E-state index in [1.165, 1.54) is 29.2 Å². The fourth-order valence-electron chi connectivity index (χ4n) is 3.13. The number of rotatable bonds is 6. The fourth-order valence-corrected chi connectivity index (χ4v) is 3.13. The first-order valence-electron chi connectivity index (χ1n) is 8.59. The Kier molecular flexibility index (Phi) is 5.59. The number of benzene rings is 2. The summed E-state index contributed by atoms with van der Waals surface area (Å²) in [5, 5.41) is 2.80. The number of nitrogens with zero attached hydrogens (tertiary/aromatic N) is 1. The third-order valence-electron chi connectivity index (χ3n) is 4.60. The minimum absolute atomic E-state index is 0.222. The highest BCUT2D eigenvalue weighted by molar-refractivity contribution is 6.09. The van der Waals surface area contributed by atoms with Gasteiger partial charge in [-0.25, -0.2) is 4.39 Å². The number of anilines is 1. The van der Waals surface area contributed by atoms with Crippen LogP contribution in [-0.4, -0.2) is 32.6 Å². The Labute approximate surface area is 156 Å². The lowest BCUT2D eigenvalue weighted by Gasteiger charge is -2.17. The van der Waals surface area contributed by atoms with Crippen LogP contribution in [0.3, 0.4) is 0 Å². The maximum absolute atomic E-state index is 13.1. The molecule has 27 heavy (non-hydrogen) atoms. The SMILES string of the molecule is COc1ccc(OC)c(CNC(=O)[C@H]2CCN(c3ccc(F)cc3)C2=O)c1. The predicted octanol–water partition coefficient (Wildman–Crippen LogP) is 2.51. The summed E-state index contributed by atoms with van der Waals surface area (Å²) < 4.78 is 23.6. The van der Waals surface area contributed by atoms with Crippen molar-refractivity contribution >= 4 is 17.5 Å². The van der Waals surface area contributed by atoms with E-state index >= 15 is 0 Å². The second-order valence-electron chi connectivity index (χ2n) is 6.20. The highest BCUT2D eigenvalue weighted by Gasteiger charge is 2.37. The van der Waals surface area contributed by atoms with Gasteiger partial charge in [0.2, 0.25) is 11.8 Å². The number of halogens is 1. The van der Waals surface area contributed by atoms with Crippen molar-refractivity contribution in [2.24, 2.45) is 5.92 Å². The molecule has 1 heterocycles. The molecule has 142 valence electrons. The molecule has 1 N–H and O–H groups in total. The van der Waals surface area contributed by atoms with Crippen LogP contribution < -0.4 is 19.7 Å². The van der Waals surface area contributed by atoms with Gasteiger partial charge in [-0.1, -0.05) is 0 Å². The van der Waals surface area contributed by atoms with Crippen LogP contribution in [0.15, 0.2) is 42.5 Å². The van der Waals surface area contributed by atoms with Gasteiger partial charge in [-0.2, -0.15) is 0 Å². The number of carbonyl (C=O) groups excluding carboxylic acids is 2. The first kappa shape index (κ1) is 18.7. The first-order valence-corrected chi connectivity index (χ1v) is 8.59. The Bertz CT molecular complexity index is 838. The van der Waals surface area contributed by atoms with Crippen LogP contribution in [0.25, 0.3) is 0 Å². The molecule has 0 saturated carbocycles. The van der Waals surface area contributed by atoms with Crippen molar-refractivity contribution < 1.29 is 23.5 Å². The lowest BCUT2D eigenvalue weighted by Crippen LogP contribution is -2.36. The van der Waals surface area contributed by atoms with Crippen molar-refractivity contribution in [1.29, 1.82) is 0 Å². The number of hydrogen-bond donors (Lipinski definition) is 1. The van der Waals surface area contributed by atoms with Crippen molar-refractivity contribution in [1.82, 2.24) is 5.32 Å². The summed E-state index contributed by atoms with van der Waals surface area (Å²) in [6, 6.07) is 11.0. The van der Waals surface area contributed by atoms with E-state index in [-0.39, 0.29) is 24.2 Å². The molecular formula is C20H21FN2O4. The molecule has 1 aliphatic heterocycles. The average molecular weight is 372 g/mol. The summed E-state index contributed by atoms with van der Waals surface area (Å²) in [5.74, 6) is -0.467. The molecule has 0 spiro atoms. The lowest BCUT2D eigenvalue weighted by molar-refractivity contribution is -0.132. The van der Waals surface area contributed by atoms with Gasteiger partial charge in [0.25, 0.3) is 0 Å². The third-order valence-corrected chi connectivity index (χ3v) is 4.60. The van der Waals surface area contributed by atoms with Gasteiger partial charge in [0.1, 0.15) is 23.2 Å². The Morgan fingerprint density at radius 3 is 2.59 bits per heavy atom. The van der Waals surface area contributed by atoms with Crippen molar-refractivity contribution in [2.75, 3.05) is 25.7 Å². The monoisotopic (exact) mass is 372 g/mol. The molecule has 3 rings (SSSR count). The zero-order valence-corrected chi connectivity index (χ0v) is 15.2. The van der Waals surface area contributed by atoms with Gasteiger partial charge >= 0.3 is 0 Å². The van der Waals surface area contributed by atoms with E-state index in [1.807, 2.05) is 0 Å². The van der Waals surface area contributed by atoms with Crippen molar-refractivity contribution in [3.63, 3.8) is 0 Å². The van der Waals surface area contributed by atoms with Gasteiger partial charge in [-0.05, 0) is 48.9 Å². The quantitative estimate of drug-likeness (QED) is 0.792. The number of carbonyl (C=O) groups is 2. The van der Waals surface area contributed by atoms with Gasteiger partial charge < -0.3 is 19.7 Å². The largest absolute Gasteiger partial charge is 0.497 e. The van der Waals surface area contributed by atoms with Gasteiger partial charge in [-0.3, -0.25) is 9.59 Å². The Morgan fingerprint density at radius 2 is 1.93 bits per heavy atom. The molecule has 2 amide bonds. The van der Waals surface area contributed by atoms with Crippen LogP contribution in [0.5, 0.6) is 11.5 Å². The summed E-state index contributed by atoms with van der Waals surface area (Å²) >= 11 is 0. The molecule has 0 bridgehead atoms. The zero-order valence-electron chi connectivity index (χ0n) is 15.2. The fraction of sp³-hybridized carbons (Fsp3) is 0.300. The van der Waals surface area contributed by atoms with E-state index in [4.69, 9.17) is 9.47 Å². The molecule has 7 heteroatoms. The van der Waals surface area contributed by atoms with Crippen LogP contribution >= 0.6 is 0 Å². The van der Waals surface area contributed by atoms with E-state index < -0.39 is 5.92 Å². The molecular weight excluding hydrogens is 351 g/mol. The number of nitrogens with one attached hydrogen (secondary N) is 1. The smallest absolute Gasteiger partial charge is 0.239 e. The van der Waals surface area contributed by atoms with Crippen LogP contribution in [-0.2, 0) is 16.1 Å². The van der Waals surface area contributed by atoms with E-state index in [0.717, 1.165) is 5.56 Å². The van der Waals surface area contributed by atoms with E-state index in [1.54, 1.807) is 32.4 Å². The van der Waals surface area contributed by atoms with Gasteiger partial charge in [0.15, 0.2) is 0 Å². The van der Waals surface area contributed by atoms with E-state index in [9.17, 15) is 14.0 Å². The average Bonchev–Trinajstić information content (AvgIpc) is 3.08. The maximum Gasteiger partial charge on any atom is 0.239 e. The van der Waals surface area contributed by atoms with Crippen molar-refractivity contribution in [3.8, 4) is 11.5 Å². The number of ether oxygens (including phenoxy) is 2. The van der Waals surface area contributed by atoms with Crippen molar-refractivity contribution in [3.05, 3.63) is 53.8 Å². The normalized spacial score (nSPS) is 16.3. The summed E-state index contributed by atoms with van der Waals surface area (Å²) in [7, 11) is 3.11. The predicted molar refractivity (Wildman–Crippen MR) is 98.3 cm³/mol. The Balaban J connectivity index is 1.65. The van der Waals surface area contributed by atoms with Crippen LogP contribution in [0, 0.1) is 11.7 Å². The van der Waals surface area contributed by atoms with Gasteiger partial charge in [0.05, 0.1) is 14.2 Å². The molecule has 0 aromatic heterocycles. The van der Waals surface area contributed by atoms with Crippen LogP contribution in [0.1, 0.15) is 12.0 Å². The highest BCUT2D eigenvalue weighted by Crippen LogP contribution is 2.27. The number of methoxy groups -OCH3 is 2. The van der Waals surface area contributed by atoms with Crippen molar-refractivity contribution in [2.45, 2.75) is 13.0 Å². The molecule has 0 unspecified atom stereocenters. The minimum Gasteiger partial charge on any atom is -0.497 e. The molecule has 0 radical (unpaired) electrons. The van der Waals surface area contributed by atoms with Crippen LogP contribution in [0.2, 0.25) is 0 Å². The summed E-state index contributed by atoms with van der Waals surface area (Å²) in [6.07, 6.45) is 0.414. The highest BCUT2D eigenvalue weighted by atomic mass is 19.1. The molecule has 6 nitrogen and oxygen atoms in total. The Morgan fingerprint density at radius 1 is 1.19 bits per heavy atom. The molecule has 1 atom stereocenters. The van der Waals surface area contributed by atoms with Gasteiger partial charge in [-0.15, -0.1) is 0 Å². The minimum atomic E-state index is -0.758. The molecule has 1 saturated heterocycles. The number of amides is 2. The van der Waals surface area contributed by atoms with E-state index in [2.05, 4.69) is 5.32 Å². The summed E-state index contributed by atoms with van der Waals surface area (Å²) in [6.45, 7) is 0.643. The van der Waals surface area contributed by atoms with Crippen LogP contribution in [0.4, 0.5) is 10.1 Å². The number of hydrogen-bond acceptors (Lipinski definition) is 4. The maximum atomic E-state index is 13.1. The molecule has 0 aliphatic carbocycles. The molecule has 2 aromatic carbocycles. The molecule has 2 aromatic rings.